The van der Waals surface area contributed by atoms with Gasteiger partial charge in [-0.1, -0.05) is 29.8 Å². The zero-order valence-electron chi connectivity index (χ0n) is 16.0. The molecule has 0 aliphatic carbocycles. The number of pyridine rings is 1. The Morgan fingerprint density at radius 3 is 2.97 bits per heavy atom. The van der Waals surface area contributed by atoms with Crippen molar-refractivity contribution in [2.75, 3.05) is 13.2 Å². The van der Waals surface area contributed by atoms with Gasteiger partial charge in [-0.25, -0.2) is 4.98 Å². The summed E-state index contributed by atoms with van der Waals surface area (Å²) >= 11 is 6.46. The molecule has 2 fully saturated rings. The molecular formula is C21H20ClN5O3. The lowest BCUT2D eigenvalue weighted by Crippen LogP contribution is -2.32. The summed E-state index contributed by atoms with van der Waals surface area (Å²) in [5, 5.41) is 0.428. The first-order chi connectivity index (χ1) is 14.7. The number of fused-ring (bicyclic) bond motifs is 2. The van der Waals surface area contributed by atoms with Crippen LogP contribution in [0.3, 0.4) is 0 Å². The summed E-state index contributed by atoms with van der Waals surface area (Å²) in [5.74, 6) is 0. The van der Waals surface area contributed by atoms with E-state index >= 15 is 0 Å². The van der Waals surface area contributed by atoms with Crippen LogP contribution in [0.1, 0.15) is 12.1 Å². The van der Waals surface area contributed by atoms with E-state index < -0.39 is 0 Å². The Morgan fingerprint density at radius 2 is 2.13 bits per heavy atom. The average Bonchev–Trinajstić information content (AvgIpc) is 3.46. The van der Waals surface area contributed by atoms with Crippen LogP contribution in [0.15, 0.2) is 47.6 Å². The van der Waals surface area contributed by atoms with E-state index in [1.165, 1.54) is 6.20 Å². The van der Waals surface area contributed by atoms with Crippen LogP contribution in [-0.4, -0.2) is 52.7 Å². The summed E-state index contributed by atoms with van der Waals surface area (Å²) in [5.41, 5.74) is 8.83. The zero-order valence-corrected chi connectivity index (χ0v) is 16.7. The van der Waals surface area contributed by atoms with E-state index in [1.807, 2.05) is 30.3 Å². The Balaban J connectivity index is 1.40. The van der Waals surface area contributed by atoms with Crippen LogP contribution < -0.4 is 10.5 Å². The second-order valence-electron chi connectivity index (χ2n) is 7.10. The van der Waals surface area contributed by atoms with Crippen molar-refractivity contribution in [3.05, 3.63) is 53.3 Å². The van der Waals surface area contributed by atoms with Crippen molar-refractivity contribution >= 4 is 40.2 Å². The van der Waals surface area contributed by atoms with E-state index in [1.54, 1.807) is 12.3 Å². The molecule has 5 rings (SSSR count). The first-order valence-corrected chi connectivity index (χ1v) is 10.1. The van der Waals surface area contributed by atoms with Gasteiger partial charge in [0.15, 0.2) is 11.8 Å². The molecule has 2 saturated heterocycles. The van der Waals surface area contributed by atoms with E-state index in [4.69, 9.17) is 31.5 Å². The molecule has 9 heteroatoms. The first kappa shape index (κ1) is 19.0. The largest absolute Gasteiger partial charge is 0.456 e. The van der Waals surface area contributed by atoms with Gasteiger partial charge in [0.1, 0.15) is 6.10 Å². The third-order valence-corrected chi connectivity index (χ3v) is 5.44. The molecule has 3 aromatic rings. The Labute approximate surface area is 177 Å². The summed E-state index contributed by atoms with van der Waals surface area (Å²) in [6, 6.07) is 11.6. The molecule has 0 radical (unpaired) electrons. The maximum absolute atomic E-state index is 6.46. The van der Waals surface area contributed by atoms with Gasteiger partial charge in [0, 0.05) is 24.6 Å². The van der Waals surface area contributed by atoms with Crippen molar-refractivity contribution in [2.45, 2.75) is 24.7 Å². The Hall–Kier alpha value is -2.94. The third-order valence-electron chi connectivity index (χ3n) is 5.15. The van der Waals surface area contributed by atoms with Gasteiger partial charge in [-0.2, -0.15) is 4.98 Å². The van der Waals surface area contributed by atoms with E-state index in [0.29, 0.717) is 46.7 Å². The Morgan fingerprint density at radius 1 is 1.27 bits per heavy atom. The molecule has 2 aromatic heterocycles. The van der Waals surface area contributed by atoms with Crippen molar-refractivity contribution in [3.8, 4) is 6.01 Å². The number of nitrogens with one attached hydrogen (secondary N) is 1. The number of aliphatic imine (C=N–C) groups is 1. The van der Waals surface area contributed by atoms with E-state index in [9.17, 15) is 0 Å². The highest BCUT2D eigenvalue weighted by molar-refractivity contribution is 6.34. The highest BCUT2D eigenvalue weighted by Gasteiger charge is 2.43. The summed E-state index contributed by atoms with van der Waals surface area (Å²) in [6.45, 7) is 1.16. The predicted octanol–water partition coefficient (Wildman–Crippen LogP) is 3.25. The van der Waals surface area contributed by atoms with Gasteiger partial charge >= 0.3 is 0 Å². The second-order valence-corrected chi connectivity index (χ2v) is 7.51. The molecule has 4 heterocycles. The maximum Gasteiger partial charge on any atom is 0.296 e. The van der Waals surface area contributed by atoms with Crippen molar-refractivity contribution in [3.63, 3.8) is 0 Å². The van der Waals surface area contributed by atoms with Crippen LogP contribution in [0, 0.1) is 0 Å². The number of ether oxygens (including phenoxy) is 3. The molecule has 3 atom stereocenters. The highest BCUT2D eigenvalue weighted by atomic mass is 35.5. The van der Waals surface area contributed by atoms with E-state index in [2.05, 4.69) is 19.9 Å². The number of halogens is 1. The number of aromatic amines is 1. The van der Waals surface area contributed by atoms with Gasteiger partial charge in [-0.15, -0.1) is 0 Å². The van der Waals surface area contributed by atoms with E-state index in [-0.39, 0.29) is 18.3 Å². The number of aromatic nitrogens is 3. The highest BCUT2D eigenvalue weighted by Crippen LogP contribution is 2.30. The number of nitrogens with zero attached hydrogens (tertiary/aromatic N) is 3. The molecule has 3 N–H and O–H groups in total. The van der Waals surface area contributed by atoms with Gasteiger partial charge < -0.3 is 24.9 Å². The molecule has 1 aromatic carbocycles. The van der Waals surface area contributed by atoms with Gasteiger partial charge in [0.05, 0.1) is 34.6 Å². The van der Waals surface area contributed by atoms with Crippen LogP contribution in [-0.2, 0) is 9.47 Å². The minimum atomic E-state index is -0.203. The molecule has 0 saturated carbocycles. The number of hydrogen-bond donors (Lipinski definition) is 2. The van der Waals surface area contributed by atoms with Crippen LogP contribution in [0.4, 0.5) is 5.69 Å². The van der Waals surface area contributed by atoms with Gasteiger partial charge in [-0.05, 0) is 24.6 Å². The second kappa shape index (κ2) is 8.06. The van der Waals surface area contributed by atoms with Gasteiger partial charge in [0.2, 0.25) is 0 Å². The molecule has 0 spiro atoms. The summed E-state index contributed by atoms with van der Waals surface area (Å²) < 4.78 is 17.4. The molecular weight excluding hydrogens is 406 g/mol. The first-order valence-electron chi connectivity index (χ1n) is 9.69. The maximum atomic E-state index is 6.46. The van der Waals surface area contributed by atoms with Crippen LogP contribution in [0.25, 0.3) is 16.7 Å². The fourth-order valence-electron chi connectivity index (χ4n) is 3.67. The number of benzene rings is 1. The standard InChI is InChI=1S/C21H20ClN5O3/c22-14-8-15-20(26-18(14)12(9-23)10-24-13-4-2-1-3-5-13)27-21(25-15)30-17-11-29-16-6-7-28-19(16)17/h1-5,8-10,16-17,19H,6-7,11,23H2,(H,25,26,27)/t16-,17-,19+/m1/s1. The number of H-pyrrole nitrogens is 1. The Kier molecular flexibility index (Phi) is 5.12. The molecule has 2 aliphatic heterocycles. The fourth-order valence-corrected chi connectivity index (χ4v) is 3.93. The lowest BCUT2D eigenvalue weighted by molar-refractivity contribution is 0.0273. The van der Waals surface area contributed by atoms with Crippen LogP contribution in [0.5, 0.6) is 6.01 Å². The Bertz CT molecular complexity index is 1110. The predicted molar refractivity (Wildman–Crippen MR) is 114 cm³/mol. The fraction of sp³-hybridized carbons (Fsp3) is 0.286. The average molecular weight is 426 g/mol. The zero-order chi connectivity index (χ0) is 20.5. The SMILES string of the molecule is NC=C(C=Nc1ccccc1)c1nc2nc(O[C@@H]3CO[C@@H]4CCO[C@@H]43)[nH]c2cc1Cl. The summed E-state index contributed by atoms with van der Waals surface area (Å²) in [4.78, 5) is 16.6. The quantitative estimate of drug-likeness (QED) is 0.607. The van der Waals surface area contributed by atoms with Gasteiger partial charge in [0.25, 0.3) is 6.01 Å². The molecule has 2 aliphatic rings. The third kappa shape index (κ3) is 3.65. The van der Waals surface area contributed by atoms with E-state index in [0.717, 1.165) is 12.1 Å². The van der Waals surface area contributed by atoms with Gasteiger partial charge in [-0.3, -0.25) is 4.99 Å². The molecule has 0 unspecified atom stereocenters. The minimum absolute atomic E-state index is 0.0636. The topological polar surface area (TPSA) is 108 Å². The number of allylic oxidation sites excluding steroid dienone is 1. The van der Waals surface area contributed by atoms with Crippen molar-refractivity contribution in [2.24, 2.45) is 10.7 Å². The molecule has 30 heavy (non-hydrogen) atoms. The minimum Gasteiger partial charge on any atom is -0.456 e. The van der Waals surface area contributed by atoms with Crippen LogP contribution in [0.2, 0.25) is 5.02 Å². The monoisotopic (exact) mass is 425 g/mol. The molecule has 0 bridgehead atoms. The smallest absolute Gasteiger partial charge is 0.296 e. The summed E-state index contributed by atoms with van der Waals surface area (Å²) in [7, 11) is 0. The van der Waals surface area contributed by atoms with Crippen molar-refractivity contribution in [1.82, 2.24) is 15.0 Å². The lowest BCUT2D eigenvalue weighted by Gasteiger charge is -2.15. The summed E-state index contributed by atoms with van der Waals surface area (Å²) in [6.07, 6.45) is 3.78. The number of imidazole rings is 1. The molecule has 8 nitrogen and oxygen atoms in total. The number of rotatable bonds is 5. The van der Waals surface area contributed by atoms with Crippen molar-refractivity contribution < 1.29 is 14.2 Å². The van der Waals surface area contributed by atoms with Crippen LogP contribution >= 0.6 is 11.6 Å². The lowest BCUT2D eigenvalue weighted by atomic mass is 10.1. The number of hydrogen-bond acceptors (Lipinski definition) is 7. The molecule has 0 amide bonds. The molecule has 154 valence electrons. The normalized spacial score (nSPS) is 24.0. The number of para-hydroxylation sites is 1. The number of nitrogens with two attached hydrogens (primary N) is 1. The van der Waals surface area contributed by atoms with Crippen molar-refractivity contribution in [1.29, 1.82) is 0 Å².